The second kappa shape index (κ2) is 7.82. The fourth-order valence-corrected chi connectivity index (χ4v) is 4.63. The molecule has 146 valence electrons. The van der Waals surface area contributed by atoms with E-state index in [0.29, 0.717) is 13.0 Å². The minimum absolute atomic E-state index is 0.00243. The van der Waals surface area contributed by atoms with Crippen molar-refractivity contribution < 1.29 is 9.59 Å². The smallest absolute Gasteiger partial charge is 0.267 e. The van der Waals surface area contributed by atoms with Crippen molar-refractivity contribution in [3.63, 3.8) is 0 Å². The van der Waals surface area contributed by atoms with Gasteiger partial charge in [0.25, 0.3) is 5.56 Å². The van der Waals surface area contributed by atoms with E-state index in [4.69, 9.17) is 0 Å². The zero-order valence-electron chi connectivity index (χ0n) is 15.7. The highest BCUT2D eigenvalue weighted by Crippen LogP contribution is 2.28. The van der Waals surface area contributed by atoms with E-state index in [1.165, 1.54) is 0 Å². The lowest BCUT2D eigenvalue weighted by Crippen LogP contribution is -2.45. The Morgan fingerprint density at radius 1 is 1.11 bits per heavy atom. The molecule has 4 rings (SSSR count). The lowest BCUT2D eigenvalue weighted by atomic mass is 9.89. The van der Waals surface area contributed by atoms with Crippen molar-refractivity contribution in [1.29, 1.82) is 0 Å². The monoisotopic (exact) mass is 372 g/mol. The van der Waals surface area contributed by atoms with Gasteiger partial charge in [-0.25, -0.2) is 4.68 Å². The van der Waals surface area contributed by atoms with Crippen LogP contribution >= 0.6 is 0 Å². The van der Waals surface area contributed by atoms with Crippen molar-refractivity contribution in [1.82, 2.24) is 20.4 Å². The van der Waals surface area contributed by atoms with Gasteiger partial charge in [-0.15, -0.1) is 0 Å². The third-order valence-electron chi connectivity index (χ3n) is 6.24. The third-order valence-corrected chi connectivity index (χ3v) is 6.24. The molecule has 0 spiro atoms. The van der Waals surface area contributed by atoms with Gasteiger partial charge in [0.05, 0.1) is 11.7 Å². The predicted octanol–water partition coefficient (Wildman–Crippen LogP) is 1.25. The maximum atomic E-state index is 12.5. The number of rotatable bonds is 3. The maximum absolute atomic E-state index is 12.5. The number of carbonyl (C=O) groups excluding carboxylic acids is 2. The molecule has 2 N–H and O–H groups in total. The predicted molar refractivity (Wildman–Crippen MR) is 100 cm³/mol. The van der Waals surface area contributed by atoms with E-state index >= 15 is 0 Å². The van der Waals surface area contributed by atoms with E-state index in [1.54, 1.807) is 10.7 Å². The first kappa shape index (κ1) is 18.2. The summed E-state index contributed by atoms with van der Waals surface area (Å²) in [7, 11) is 0. The second-order valence-corrected chi connectivity index (χ2v) is 8.16. The summed E-state index contributed by atoms with van der Waals surface area (Å²) in [6, 6.07) is 2.04. The van der Waals surface area contributed by atoms with E-state index in [0.717, 1.165) is 62.6 Å². The largest absolute Gasteiger partial charge is 0.356 e. The van der Waals surface area contributed by atoms with E-state index in [2.05, 4.69) is 15.7 Å². The molecule has 2 amide bonds. The zero-order valence-corrected chi connectivity index (χ0v) is 15.7. The van der Waals surface area contributed by atoms with E-state index in [9.17, 15) is 14.4 Å². The van der Waals surface area contributed by atoms with E-state index in [-0.39, 0.29) is 41.8 Å². The van der Waals surface area contributed by atoms with Crippen LogP contribution in [0.25, 0.3) is 0 Å². The Morgan fingerprint density at radius 3 is 2.67 bits per heavy atom. The molecule has 2 aliphatic carbocycles. The van der Waals surface area contributed by atoms with Crippen molar-refractivity contribution >= 4 is 11.8 Å². The summed E-state index contributed by atoms with van der Waals surface area (Å²) < 4.78 is 1.69. The number of piperidine rings is 1. The van der Waals surface area contributed by atoms with Crippen LogP contribution in [0.15, 0.2) is 10.9 Å². The van der Waals surface area contributed by atoms with Gasteiger partial charge in [0.2, 0.25) is 11.8 Å². The second-order valence-electron chi connectivity index (χ2n) is 8.16. The van der Waals surface area contributed by atoms with Gasteiger partial charge in [-0.1, -0.05) is 0 Å². The van der Waals surface area contributed by atoms with Crippen molar-refractivity contribution in [2.45, 2.75) is 76.3 Å². The number of aryl methyl sites for hydroxylation is 2. The third kappa shape index (κ3) is 4.06. The average molecular weight is 372 g/mol. The van der Waals surface area contributed by atoms with Crippen molar-refractivity contribution in [2.24, 2.45) is 5.92 Å². The molecule has 2 fully saturated rings. The number of amides is 2. The van der Waals surface area contributed by atoms with Gasteiger partial charge in [0, 0.05) is 31.0 Å². The molecule has 1 aromatic rings. The maximum Gasteiger partial charge on any atom is 0.267 e. The number of hydrogen-bond acceptors (Lipinski definition) is 4. The highest BCUT2D eigenvalue weighted by molar-refractivity contribution is 5.87. The van der Waals surface area contributed by atoms with Crippen LogP contribution in [0, 0.1) is 5.92 Å². The van der Waals surface area contributed by atoms with Crippen LogP contribution in [0.2, 0.25) is 0 Å². The molecule has 2 heterocycles. The van der Waals surface area contributed by atoms with Gasteiger partial charge in [-0.3, -0.25) is 14.4 Å². The summed E-state index contributed by atoms with van der Waals surface area (Å²) in [5, 5.41) is 10.6. The summed E-state index contributed by atoms with van der Waals surface area (Å²) in [6.45, 7) is 0.580. The molecule has 1 aliphatic heterocycles. The van der Waals surface area contributed by atoms with Crippen LogP contribution < -0.4 is 16.2 Å². The van der Waals surface area contributed by atoms with Gasteiger partial charge in [-0.05, 0) is 63.4 Å². The number of nitrogens with one attached hydrogen (secondary N) is 2. The van der Waals surface area contributed by atoms with Gasteiger partial charge < -0.3 is 10.6 Å². The zero-order chi connectivity index (χ0) is 18.8. The van der Waals surface area contributed by atoms with Gasteiger partial charge in [-0.2, -0.15) is 5.10 Å². The average Bonchev–Trinajstić information content (AvgIpc) is 2.68. The molecule has 1 atom stereocenters. The Hall–Kier alpha value is -2.18. The minimum Gasteiger partial charge on any atom is -0.356 e. The number of fused-ring (bicyclic) bond motifs is 1. The SMILES string of the molecule is O=C1CC(C(=O)NC2CCC(n3nc4c(cc3=O)CCCC4)CC2)CCN1. The molecule has 0 bridgehead atoms. The van der Waals surface area contributed by atoms with Crippen molar-refractivity contribution in [3.05, 3.63) is 27.7 Å². The van der Waals surface area contributed by atoms with Gasteiger partial charge in [0.1, 0.15) is 0 Å². The van der Waals surface area contributed by atoms with Crippen LogP contribution in [-0.4, -0.2) is 34.2 Å². The number of hydrogen-bond donors (Lipinski definition) is 2. The Morgan fingerprint density at radius 2 is 1.89 bits per heavy atom. The highest BCUT2D eigenvalue weighted by Gasteiger charge is 2.30. The Kier molecular flexibility index (Phi) is 5.27. The number of nitrogens with zero attached hydrogens (tertiary/aromatic N) is 2. The molecule has 0 radical (unpaired) electrons. The number of aromatic nitrogens is 2. The summed E-state index contributed by atoms with van der Waals surface area (Å²) in [6.07, 6.45) is 8.62. The summed E-state index contributed by atoms with van der Waals surface area (Å²) in [4.78, 5) is 36.4. The van der Waals surface area contributed by atoms with Gasteiger partial charge in [0.15, 0.2) is 0 Å². The standard InChI is InChI=1S/C20H28N4O3/c25-18-11-14(9-10-21-18)20(27)22-15-5-7-16(8-6-15)24-19(26)12-13-3-1-2-4-17(13)23-24/h12,14-16H,1-11H2,(H,21,25)(H,22,27). The summed E-state index contributed by atoms with van der Waals surface area (Å²) >= 11 is 0. The molecule has 7 heteroatoms. The first-order valence-electron chi connectivity index (χ1n) is 10.3. The Balaban J connectivity index is 1.34. The molecule has 3 aliphatic rings. The lowest BCUT2D eigenvalue weighted by Gasteiger charge is -2.31. The van der Waals surface area contributed by atoms with Crippen LogP contribution in [0.4, 0.5) is 0 Å². The summed E-state index contributed by atoms with van der Waals surface area (Å²) in [5.74, 6) is -0.248. The van der Waals surface area contributed by atoms with Crippen LogP contribution in [-0.2, 0) is 22.4 Å². The van der Waals surface area contributed by atoms with E-state index in [1.807, 2.05) is 0 Å². The summed E-state index contributed by atoms with van der Waals surface area (Å²) in [5.41, 5.74) is 2.23. The molecule has 7 nitrogen and oxygen atoms in total. The van der Waals surface area contributed by atoms with Crippen LogP contribution in [0.1, 0.15) is 68.7 Å². The fourth-order valence-electron chi connectivity index (χ4n) is 4.63. The molecule has 1 saturated carbocycles. The molecule has 27 heavy (non-hydrogen) atoms. The fraction of sp³-hybridized carbons (Fsp3) is 0.700. The first-order chi connectivity index (χ1) is 13.1. The molecule has 1 aromatic heterocycles. The highest BCUT2D eigenvalue weighted by atomic mass is 16.2. The minimum atomic E-state index is -0.207. The lowest BCUT2D eigenvalue weighted by molar-refractivity contribution is -0.133. The molecular formula is C20H28N4O3. The quantitative estimate of drug-likeness (QED) is 0.835. The Bertz CT molecular complexity index is 780. The van der Waals surface area contributed by atoms with Crippen LogP contribution in [0.5, 0.6) is 0 Å². The van der Waals surface area contributed by atoms with Crippen molar-refractivity contribution in [2.75, 3.05) is 6.54 Å². The van der Waals surface area contributed by atoms with Crippen LogP contribution in [0.3, 0.4) is 0 Å². The van der Waals surface area contributed by atoms with Gasteiger partial charge >= 0.3 is 0 Å². The molecule has 0 aromatic carbocycles. The topological polar surface area (TPSA) is 93.1 Å². The first-order valence-corrected chi connectivity index (χ1v) is 10.3. The van der Waals surface area contributed by atoms with Crippen molar-refractivity contribution in [3.8, 4) is 0 Å². The molecular weight excluding hydrogens is 344 g/mol. The van der Waals surface area contributed by atoms with E-state index < -0.39 is 0 Å². The Labute approximate surface area is 158 Å². The normalized spacial score (nSPS) is 28.1. The molecule has 1 saturated heterocycles. The molecule has 1 unspecified atom stereocenters. The number of carbonyl (C=O) groups is 2.